The first-order chi connectivity index (χ1) is 10.1. The van der Waals surface area contributed by atoms with E-state index < -0.39 is 5.82 Å². The van der Waals surface area contributed by atoms with Crippen LogP contribution in [0.5, 0.6) is 0 Å². The molecule has 1 aromatic rings. The Morgan fingerprint density at radius 2 is 1.81 bits per heavy atom. The van der Waals surface area contributed by atoms with Crippen molar-refractivity contribution in [3.8, 4) is 0 Å². The number of hydrogen-bond acceptors (Lipinski definition) is 2. The van der Waals surface area contributed by atoms with E-state index in [1.807, 2.05) is 6.92 Å². The zero-order valence-corrected chi connectivity index (χ0v) is 12.1. The summed E-state index contributed by atoms with van der Waals surface area (Å²) in [7, 11) is 0. The van der Waals surface area contributed by atoms with Gasteiger partial charge in [0.05, 0.1) is 5.69 Å². The van der Waals surface area contributed by atoms with Gasteiger partial charge in [-0.3, -0.25) is 4.79 Å². The Labute approximate surface area is 123 Å². The molecular formula is C15H20FN3O2. The number of nitrogens with zero attached hydrogens (tertiary/aromatic N) is 2. The van der Waals surface area contributed by atoms with E-state index in [1.165, 1.54) is 12.1 Å². The molecule has 1 N–H and O–H groups in total. The lowest BCUT2D eigenvalue weighted by Crippen LogP contribution is -2.39. The molecule has 0 saturated carbocycles. The molecule has 1 heterocycles. The van der Waals surface area contributed by atoms with Gasteiger partial charge in [0.25, 0.3) is 0 Å². The van der Waals surface area contributed by atoms with Crippen LogP contribution in [0.15, 0.2) is 24.3 Å². The molecule has 0 bridgehead atoms. The molecule has 1 aliphatic heterocycles. The van der Waals surface area contributed by atoms with E-state index in [0.29, 0.717) is 32.6 Å². The van der Waals surface area contributed by atoms with Crippen molar-refractivity contribution in [1.82, 2.24) is 9.80 Å². The Morgan fingerprint density at radius 3 is 2.52 bits per heavy atom. The first kappa shape index (κ1) is 15.3. The van der Waals surface area contributed by atoms with E-state index in [0.717, 1.165) is 6.42 Å². The molecule has 0 aliphatic carbocycles. The molecule has 1 saturated heterocycles. The summed E-state index contributed by atoms with van der Waals surface area (Å²) in [5.41, 5.74) is 0.174. The Kier molecular flexibility index (Phi) is 5.14. The number of amides is 3. The van der Waals surface area contributed by atoms with Gasteiger partial charge >= 0.3 is 6.03 Å². The molecule has 1 fully saturated rings. The zero-order valence-electron chi connectivity index (χ0n) is 12.1. The smallest absolute Gasteiger partial charge is 0.321 e. The maximum absolute atomic E-state index is 13.5. The Morgan fingerprint density at radius 1 is 1.14 bits per heavy atom. The molecule has 6 heteroatoms. The van der Waals surface area contributed by atoms with Gasteiger partial charge in [-0.1, -0.05) is 19.1 Å². The number of carbonyl (C=O) groups excluding carboxylic acids is 2. The summed E-state index contributed by atoms with van der Waals surface area (Å²) in [6.45, 7) is 4.04. The van der Waals surface area contributed by atoms with Crippen LogP contribution in [0.2, 0.25) is 0 Å². The fraction of sp³-hybridized carbons (Fsp3) is 0.467. The third kappa shape index (κ3) is 3.93. The Hall–Kier alpha value is -2.11. The minimum Gasteiger partial charge on any atom is -0.341 e. The highest BCUT2D eigenvalue weighted by Crippen LogP contribution is 2.14. The third-order valence-corrected chi connectivity index (χ3v) is 3.55. The van der Waals surface area contributed by atoms with Crippen LogP contribution < -0.4 is 5.32 Å². The highest BCUT2D eigenvalue weighted by molar-refractivity contribution is 5.89. The number of urea groups is 1. The number of benzene rings is 1. The van der Waals surface area contributed by atoms with Gasteiger partial charge in [-0.15, -0.1) is 0 Å². The van der Waals surface area contributed by atoms with Crippen molar-refractivity contribution in [2.24, 2.45) is 0 Å². The summed E-state index contributed by atoms with van der Waals surface area (Å²) in [6, 6.07) is 5.75. The van der Waals surface area contributed by atoms with Gasteiger partial charge in [0.2, 0.25) is 5.91 Å². The molecule has 0 radical (unpaired) electrons. The van der Waals surface area contributed by atoms with Crippen molar-refractivity contribution in [3.05, 3.63) is 30.1 Å². The molecular weight excluding hydrogens is 273 g/mol. The summed E-state index contributed by atoms with van der Waals surface area (Å²) in [5.74, 6) is -0.352. The van der Waals surface area contributed by atoms with Gasteiger partial charge in [-0.25, -0.2) is 9.18 Å². The van der Waals surface area contributed by atoms with Gasteiger partial charge in [0.15, 0.2) is 0 Å². The molecule has 0 unspecified atom stereocenters. The standard InChI is InChI=1S/C15H20FN3O2/c1-2-14(20)18-8-5-9-19(11-10-18)15(21)17-13-7-4-3-6-12(13)16/h3-4,6-7H,2,5,8-11H2,1H3,(H,17,21). The molecule has 0 atom stereocenters. The van der Waals surface area contributed by atoms with Crippen LogP contribution in [0.3, 0.4) is 0 Å². The van der Waals surface area contributed by atoms with Crippen molar-refractivity contribution in [2.45, 2.75) is 19.8 Å². The minimum atomic E-state index is -0.455. The molecule has 21 heavy (non-hydrogen) atoms. The van der Waals surface area contributed by atoms with Gasteiger partial charge in [-0.2, -0.15) is 0 Å². The predicted octanol–water partition coefficient (Wildman–Crippen LogP) is 2.30. The Balaban J connectivity index is 1.94. The average molecular weight is 293 g/mol. The summed E-state index contributed by atoms with van der Waals surface area (Å²) in [6.07, 6.45) is 1.21. The molecule has 0 aromatic heterocycles. The Bertz CT molecular complexity index is 521. The lowest BCUT2D eigenvalue weighted by Gasteiger charge is -2.22. The molecule has 1 aliphatic rings. The fourth-order valence-electron chi connectivity index (χ4n) is 2.35. The number of rotatable bonds is 2. The maximum atomic E-state index is 13.5. The van der Waals surface area contributed by atoms with Gasteiger partial charge in [-0.05, 0) is 18.6 Å². The van der Waals surface area contributed by atoms with Crippen molar-refractivity contribution < 1.29 is 14.0 Å². The number of halogens is 1. The number of nitrogens with one attached hydrogen (secondary N) is 1. The lowest BCUT2D eigenvalue weighted by molar-refractivity contribution is -0.130. The normalized spacial score (nSPS) is 15.5. The van der Waals surface area contributed by atoms with Crippen LogP contribution in [-0.4, -0.2) is 47.9 Å². The molecule has 3 amide bonds. The molecule has 2 rings (SSSR count). The average Bonchev–Trinajstić information content (AvgIpc) is 2.75. The van der Waals surface area contributed by atoms with Crippen LogP contribution in [0.1, 0.15) is 19.8 Å². The van der Waals surface area contributed by atoms with E-state index >= 15 is 0 Å². The van der Waals surface area contributed by atoms with Crippen LogP contribution >= 0.6 is 0 Å². The number of hydrogen-bond donors (Lipinski definition) is 1. The van der Waals surface area contributed by atoms with Gasteiger partial charge < -0.3 is 15.1 Å². The van der Waals surface area contributed by atoms with Crippen LogP contribution in [-0.2, 0) is 4.79 Å². The quantitative estimate of drug-likeness (QED) is 0.909. The van der Waals surface area contributed by atoms with Crippen molar-refractivity contribution >= 4 is 17.6 Å². The molecule has 114 valence electrons. The van der Waals surface area contributed by atoms with E-state index in [1.54, 1.807) is 21.9 Å². The first-order valence-electron chi connectivity index (χ1n) is 7.20. The third-order valence-electron chi connectivity index (χ3n) is 3.55. The molecule has 0 spiro atoms. The maximum Gasteiger partial charge on any atom is 0.321 e. The van der Waals surface area contributed by atoms with Crippen LogP contribution in [0.25, 0.3) is 0 Å². The highest BCUT2D eigenvalue weighted by Gasteiger charge is 2.21. The second-order valence-corrected chi connectivity index (χ2v) is 4.98. The summed E-state index contributed by atoms with van der Waals surface area (Å²) < 4.78 is 13.5. The SMILES string of the molecule is CCC(=O)N1CCCN(C(=O)Nc2ccccc2F)CC1. The van der Waals surface area contributed by atoms with E-state index in [2.05, 4.69) is 5.32 Å². The number of anilines is 1. The van der Waals surface area contributed by atoms with Crippen LogP contribution in [0, 0.1) is 5.82 Å². The summed E-state index contributed by atoms with van der Waals surface area (Å²) in [4.78, 5) is 27.2. The predicted molar refractivity (Wildman–Crippen MR) is 78.5 cm³/mol. The highest BCUT2D eigenvalue weighted by atomic mass is 19.1. The topological polar surface area (TPSA) is 52.7 Å². The fourth-order valence-corrected chi connectivity index (χ4v) is 2.35. The number of para-hydroxylation sites is 1. The summed E-state index contributed by atoms with van der Waals surface area (Å²) >= 11 is 0. The van der Waals surface area contributed by atoms with Crippen molar-refractivity contribution in [1.29, 1.82) is 0 Å². The zero-order chi connectivity index (χ0) is 15.2. The van der Waals surface area contributed by atoms with Crippen molar-refractivity contribution in [3.63, 3.8) is 0 Å². The summed E-state index contributed by atoms with van der Waals surface area (Å²) in [5, 5.41) is 2.57. The molecule has 5 nitrogen and oxygen atoms in total. The van der Waals surface area contributed by atoms with Crippen molar-refractivity contribution in [2.75, 3.05) is 31.5 Å². The van der Waals surface area contributed by atoms with Gasteiger partial charge in [0, 0.05) is 32.6 Å². The lowest BCUT2D eigenvalue weighted by atomic mass is 10.3. The minimum absolute atomic E-state index is 0.103. The van der Waals surface area contributed by atoms with Crippen LogP contribution in [0.4, 0.5) is 14.9 Å². The second-order valence-electron chi connectivity index (χ2n) is 4.98. The largest absolute Gasteiger partial charge is 0.341 e. The van der Waals surface area contributed by atoms with E-state index in [4.69, 9.17) is 0 Å². The van der Waals surface area contributed by atoms with Gasteiger partial charge in [0.1, 0.15) is 5.82 Å². The van der Waals surface area contributed by atoms with E-state index in [-0.39, 0.29) is 17.6 Å². The second kappa shape index (κ2) is 7.06. The number of carbonyl (C=O) groups is 2. The monoisotopic (exact) mass is 293 g/mol. The molecule has 1 aromatic carbocycles. The van der Waals surface area contributed by atoms with E-state index in [9.17, 15) is 14.0 Å². The first-order valence-corrected chi connectivity index (χ1v) is 7.20.